The molecule has 20 heavy (non-hydrogen) atoms. The number of piperidine rings is 1. The van der Waals surface area contributed by atoms with Crippen molar-refractivity contribution < 1.29 is 9.90 Å². The third-order valence-corrected chi connectivity index (χ3v) is 4.79. The fraction of sp³-hybridized carbons (Fsp3) is 0.733. The Bertz CT molecular complexity index is 491. The highest BCUT2D eigenvalue weighted by Crippen LogP contribution is 2.39. The molecule has 1 aromatic heterocycles. The monoisotopic (exact) mass is 277 g/mol. The van der Waals surface area contributed by atoms with Gasteiger partial charge in [-0.05, 0) is 44.7 Å². The first-order chi connectivity index (χ1) is 9.65. The quantitative estimate of drug-likeness (QED) is 0.918. The maximum absolute atomic E-state index is 11.0. The van der Waals surface area contributed by atoms with Gasteiger partial charge in [0.15, 0.2) is 0 Å². The SMILES string of the molecule is Cn1ncc2c1CC(CC(=O)O)CC2N1CCCCC1. The minimum atomic E-state index is -0.682. The topological polar surface area (TPSA) is 58.4 Å². The molecule has 1 aliphatic heterocycles. The van der Waals surface area contributed by atoms with Crippen molar-refractivity contribution in [2.45, 2.75) is 44.6 Å². The maximum Gasteiger partial charge on any atom is 0.303 e. The highest BCUT2D eigenvalue weighted by molar-refractivity contribution is 5.67. The van der Waals surface area contributed by atoms with Crippen LogP contribution in [0.1, 0.15) is 49.4 Å². The Morgan fingerprint density at radius 1 is 1.40 bits per heavy atom. The number of carbonyl (C=O) groups is 1. The summed E-state index contributed by atoms with van der Waals surface area (Å²) in [7, 11) is 1.97. The van der Waals surface area contributed by atoms with Crippen LogP contribution in [0.5, 0.6) is 0 Å². The van der Waals surface area contributed by atoms with E-state index in [1.165, 1.54) is 30.5 Å². The molecule has 1 aromatic rings. The largest absolute Gasteiger partial charge is 0.481 e. The normalized spacial score (nSPS) is 27.2. The van der Waals surface area contributed by atoms with Crippen LogP contribution >= 0.6 is 0 Å². The van der Waals surface area contributed by atoms with Crippen molar-refractivity contribution in [1.29, 1.82) is 0 Å². The lowest BCUT2D eigenvalue weighted by molar-refractivity contribution is -0.138. The number of nitrogens with zero attached hydrogens (tertiary/aromatic N) is 3. The summed E-state index contributed by atoms with van der Waals surface area (Å²) in [4.78, 5) is 13.6. The highest BCUT2D eigenvalue weighted by atomic mass is 16.4. The summed E-state index contributed by atoms with van der Waals surface area (Å²) >= 11 is 0. The van der Waals surface area contributed by atoms with E-state index >= 15 is 0 Å². The number of carboxylic acids is 1. The van der Waals surface area contributed by atoms with E-state index < -0.39 is 5.97 Å². The van der Waals surface area contributed by atoms with E-state index in [2.05, 4.69) is 10.00 Å². The first-order valence-corrected chi connectivity index (χ1v) is 7.61. The van der Waals surface area contributed by atoms with Gasteiger partial charge in [-0.3, -0.25) is 14.4 Å². The molecular weight excluding hydrogens is 254 g/mol. The Labute approximate surface area is 119 Å². The van der Waals surface area contributed by atoms with Gasteiger partial charge in [0.2, 0.25) is 0 Å². The summed E-state index contributed by atoms with van der Waals surface area (Å²) in [6.07, 6.45) is 7.92. The van der Waals surface area contributed by atoms with Crippen molar-refractivity contribution in [3.8, 4) is 0 Å². The molecule has 3 rings (SSSR count). The molecule has 0 radical (unpaired) electrons. The van der Waals surface area contributed by atoms with Gasteiger partial charge in [0.25, 0.3) is 0 Å². The number of aliphatic carboxylic acids is 1. The molecule has 1 saturated heterocycles. The van der Waals surface area contributed by atoms with E-state index in [1.807, 2.05) is 17.9 Å². The van der Waals surface area contributed by atoms with E-state index in [1.54, 1.807) is 0 Å². The Hall–Kier alpha value is -1.36. The molecule has 1 N–H and O–H groups in total. The molecule has 110 valence electrons. The van der Waals surface area contributed by atoms with Crippen LogP contribution in [0, 0.1) is 5.92 Å². The van der Waals surface area contributed by atoms with Crippen LogP contribution in [0.3, 0.4) is 0 Å². The van der Waals surface area contributed by atoms with Crippen molar-refractivity contribution in [1.82, 2.24) is 14.7 Å². The molecule has 2 atom stereocenters. The number of rotatable bonds is 3. The second kappa shape index (κ2) is 5.56. The molecular formula is C15H23N3O2. The van der Waals surface area contributed by atoms with E-state index in [0.29, 0.717) is 6.04 Å². The number of likely N-dealkylation sites (tertiary alicyclic amines) is 1. The predicted molar refractivity (Wildman–Crippen MR) is 75.4 cm³/mol. The zero-order valence-corrected chi connectivity index (χ0v) is 12.1. The van der Waals surface area contributed by atoms with Crippen LogP contribution in [0.4, 0.5) is 0 Å². The van der Waals surface area contributed by atoms with Gasteiger partial charge in [-0.1, -0.05) is 6.42 Å². The summed E-state index contributed by atoms with van der Waals surface area (Å²) in [5.74, 6) is -0.444. The van der Waals surface area contributed by atoms with E-state index in [9.17, 15) is 4.79 Å². The number of hydrogen-bond acceptors (Lipinski definition) is 3. The molecule has 0 aromatic carbocycles. The van der Waals surface area contributed by atoms with Crippen LogP contribution in [0.15, 0.2) is 6.20 Å². The molecule has 5 heteroatoms. The Morgan fingerprint density at radius 2 is 2.15 bits per heavy atom. The second-order valence-corrected chi connectivity index (χ2v) is 6.19. The molecule has 1 fully saturated rings. The minimum absolute atomic E-state index is 0.238. The maximum atomic E-state index is 11.0. The zero-order valence-electron chi connectivity index (χ0n) is 12.1. The van der Waals surface area contributed by atoms with Gasteiger partial charge in [0.1, 0.15) is 0 Å². The lowest BCUT2D eigenvalue weighted by Crippen LogP contribution is -2.37. The number of hydrogen-bond donors (Lipinski definition) is 1. The Kier molecular flexibility index (Phi) is 3.78. The van der Waals surface area contributed by atoms with E-state index in [0.717, 1.165) is 25.9 Å². The van der Waals surface area contributed by atoms with Gasteiger partial charge >= 0.3 is 5.97 Å². The first-order valence-electron chi connectivity index (χ1n) is 7.61. The smallest absolute Gasteiger partial charge is 0.303 e. The molecule has 0 saturated carbocycles. The van der Waals surface area contributed by atoms with Gasteiger partial charge in [0.05, 0.1) is 6.20 Å². The number of carboxylic acid groups (broad SMARTS) is 1. The minimum Gasteiger partial charge on any atom is -0.481 e. The third-order valence-electron chi connectivity index (χ3n) is 4.79. The van der Waals surface area contributed by atoms with Crippen LogP contribution in [0.25, 0.3) is 0 Å². The van der Waals surface area contributed by atoms with Gasteiger partial charge in [-0.15, -0.1) is 0 Å². The lowest BCUT2D eigenvalue weighted by Gasteiger charge is -2.39. The Morgan fingerprint density at radius 3 is 2.85 bits per heavy atom. The van der Waals surface area contributed by atoms with Crippen molar-refractivity contribution in [2.24, 2.45) is 13.0 Å². The van der Waals surface area contributed by atoms with Gasteiger partial charge in [0, 0.05) is 30.8 Å². The average Bonchev–Trinajstić information content (AvgIpc) is 2.80. The van der Waals surface area contributed by atoms with Crippen molar-refractivity contribution in [2.75, 3.05) is 13.1 Å². The second-order valence-electron chi connectivity index (χ2n) is 6.19. The summed E-state index contributed by atoms with van der Waals surface area (Å²) in [5, 5.41) is 13.5. The number of aryl methyl sites for hydroxylation is 1. The standard InChI is InChI=1S/C15H23N3O2/c1-17-13-7-11(9-15(19)20)8-14(12(13)10-16-17)18-5-3-2-4-6-18/h10-11,14H,2-9H2,1H3,(H,19,20). The molecule has 0 spiro atoms. The van der Waals surface area contributed by atoms with Crippen LogP contribution < -0.4 is 0 Å². The molecule has 2 heterocycles. The summed E-state index contributed by atoms with van der Waals surface area (Å²) in [6, 6.07) is 0.372. The third kappa shape index (κ3) is 2.59. The van der Waals surface area contributed by atoms with Gasteiger partial charge < -0.3 is 5.11 Å². The van der Waals surface area contributed by atoms with Crippen molar-refractivity contribution in [3.05, 3.63) is 17.5 Å². The molecule has 5 nitrogen and oxygen atoms in total. The number of fused-ring (bicyclic) bond motifs is 1. The highest BCUT2D eigenvalue weighted by Gasteiger charge is 2.34. The Balaban J connectivity index is 1.85. The summed E-state index contributed by atoms with van der Waals surface area (Å²) < 4.78 is 1.93. The molecule has 2 aliphatic rings. The van der Waals surface area contributed by atoms with Crippen LogP contribution in [-0.2, 0) is 18.3 Å². The predicted octanol–water partition coefficient (Wildman–Crippen LogP) is 1.98. The molecule has 2 unspecified atom stereocenters. The molecule has 0 bridgehead atoms. The van der Waals surface area contributed by atoms with Crippen molar-refractivity contribution in [3.63, 3.8) is 0 Å². The van der Waals surface area contributed by atoms with E-state index in [4.69, 9.17) is 5.11 Å². The van der Waals surface area contributed by atoms with Crippen LogP contribution in [-0.4, -0.2) is 38.8 Å². The number of aromatic nitrogens is 2. The van der Waals surface area contributed by atoms with Gasteiger partial charge in [-0.25, -0.2) is 0 Å². The van der Waals surface area contributed by atoms with E-state index in [-0.39, 0.29) is 12.3 Å². The zero-order chi connectivity index (χ0) is 14.1. The molecule has 1 aliphatic carbocycles. The van der Waals surface area contributed by atoms with Crippen molar-refractivity contribution >= 4 is 5.97 Å². The average molecular weight is 277 g/mol. The van der Waals surface area contributed by atoms with Gasteiger partial charge in [-0.2, -0.15) is 5.10 Å². The first kappa shape index (κ1) is 13.6. The fourth-order valence-corrected chi connectivity index (χ4v) is 3.79. The lowest BCUT2D eigenvalue weighted by atomic mass is 9.81. The summed E-state index contributed by atoms with van der Waals surface area (Å²) in [5.41, 5.74) is 2.56. The molecule has 0 amide bonds. The van der Waals surface area contributed by atoms with Crippen LogP contribution in [0.2, 0.25) is 0 Å². The fourth-order valence-electron chi connectivity index (χ4n) is 3.79. The summed E-state index contributed by atoms with van der Waals surface area (Å²) in [6.45, 7) is 2.28.